The van der Waals surface area contributed by atoms with Gasteiger partial charge < -0.3 is 10.5 Å². The molecule has 0 aromatic rings. The van der Waals surface area contributed by atoms with E-state index in [0.29, 0.717) is 12.8 Å². The molecule has 0 fully saturated rings. The number of hydrogen-bond acceptors (Lipinski definition) is 3. The molecule has 12 heavy (non-hydrogen) atoms. The molecule has 0 radical (unpaired) electrons. The predicted molar refractivity (Wildman–Crippen MR) is 42.0 cm³/mol. The highest BCUT2D eigenvalue weighted by Gasteiger charge is 2.45. The molecule has 66 valence electrons. The molecule has 0 aromatic carbocycles. The number of allylic oxidation sites excluding steroid dienone is 2. The molecule has 2 N–H and O–H groups in total. The third-order valence-electron chi connectivity index (χ3n) is 2.15. The van der Waals surface area contributed by atoms with Gasteiger partial charge in [-0.3, -0.25) is 9.59 Å². The summed E-state index contributed by atoms with van der Waals surface area (Å²) in [7, 11) is 1.26. The second-order valence-corrected chi connectivity index (χ2v) is 2.82. The average Bonchev–Trinajstić information content (AvgIpc) is 2.52. The van der Waals surface area contributed by atoms with Crippen molar-refractivity contribution in [2.75, 3.05) is 7.11 Å². The summed E-state index contributed by atoms with van der Waals surface area (Å²) in [5.41, 5.74) is 4.00. The fraction of sp³-hybridized carbons (Fsp3) is 0.500. The maximum Gasteiger partial charge on any atom is 0.322 e. The molecule has 0 aromatic heterocycles. The van der Waals surface area contributed by atoms with Crippen LogP contribution < -0.4 is 5.73 Å². The van der Waals surface area contributed by atoms with E-state index in [9.17, 15) is 9.59 Å². The first-order chi connectivity index (χ1) is 5.63. The van der Waals surface area contributed by atoms with Gasteiger partial charge in [-0.25, -0.2) is 0 Å². The van der Waals surface area contributed by atoms with E-state index in [4.69, 9.17) is 5.73 Å². The van der Waals surface area contributed by atoms with Gasteiger partial charge in [0.25, 0.3) is 0 Å². The third kappa shape index (κ3) is 1.09. The van der Waals surface area contributed by atoms with Crippen LogP contribution >= 0.6 is 0 Å². The zero-order chi connectivity index (χ0) is 9.19. The van der Waals surface area contributed by atoms with Crippen LogP contribution in [0.5, 0.6) is 0 Å². The number of rotatable bonds is 2. The summed E-state index contributed by atoms with van der Waals surface area (Å²) < 4.78 is 4.52. The molecule has 0 unspecified atom stereocenters. The number of carbonyl (C=O) groups is 2. The first-order valence-corrected chi connectivity index (χ1v) is 3.67. The van der Waals surface area contributed by atoms with Crippen LogP contribution in [0.25, 0.3) is 0 Å². The molecule has 0 heterocycles. The molecule has 4 heteroatoms. The number of nitrogens with two attached hydrogens (primary N) is 1. The number of amides is 1. The van der Waals surface area contributed by atoms with E-state index in [-0.39, 0.29) is 0 Å². The Morgan fingerprint density at radius 2 is 1.92 bits per heavy atom. The molecule has 0 atom stereocenters. The number of ether oxygens (including phenoxy) is 1. The van der Waals surface area contributed by atoms with E-state index < -0.39 is 17.3 Å². The van der Waals surface area contributed by atoms with Crippen LogP contribution in [0.15, 0.2) is 12.2 Å². The fourth-order valence-electron chi connectivity index (χ4n) is 1.32. The van der Waals surface area contributed by atoms with Gasteiger partial charge in [0.2, 0.25) is 5.91 Å². The molecule has 1 aliphatic carbocycles. The van der Waals surface area contributed by atoms with Crippen molar-refractivity contribution in [3.8, 4) is 0 Å². The number of esters is 1. The largest absolute Gasteiger partial charge is 0.468 e. The quantitative estimate of drug-likeness (QED) is 0.359. The average molecular weight is 169 g/mol. The van der Waals surface area contributed by atoms with Crippen LogP contribution in [0.1, 0.15) is 12.8 Å². The second kappa shape index (κ2) is 2.97. The summed E-state index contributed by atoms with van der Waals surface area (Å²) in [6.45, 7) is 0. The second-order valence-electron chi connectivity index (χ2n) is 2.82. The fourth-order valence-corrected chi connectivity index (χ4v) is 1.32. The van der Waals surface area contributed by atoms with Crippen LogP contribution in [0, 0.1) is 5.41 Å². The minimum Gasteiger partial charge on any atom is -0.468 e. The summed E-state index contributed by atoms with van der Waals surface area (Å²) in [6, 6.07) is 0. The number of carbonyl (C=O) groups excluding carboxylic acids is 2. The first kappa shape index (κ1) is 8.77. The van der Waals surface area contributed by atoms with E-state index in [1.165, 1.54) is 7.11 Å². The van der Waals surface area contributed by atoms with Crippen molar-refractivity contribution in [3.63, 3.8) is 0 Å². The molecule has 1 amide bonds. The van der Waals surface area contributed by atoms with Crippen molar-refractivity contribution in [1.29, 1.82) is 0 Å². The molecule has 0 saturated carbocycles. The number of methoxy groups -OCH3 is 1. The van der Waals surface area contributed by atoms with Gasteiger partial charge in [-0.05, 0) is 12.8 Å². The van der Waals surface area contributed by atoms with Crippen molar-refractivity contribution in [2.24, 2.45) is 11.1 Å². The highest BCUT2D eigenvalue weighted by atomic mass is 16.5. The third-order valence-corrected chi connectivity index (χ3v) is 2.15. The van der Waals surface area contributed by atoms with Gasteiger partial charge in [-0.2, -0.15) is 0 Å². The van der Waals surface area contributed by atoms with Gasteiger partial charge in [-0.15, -0.1) is 0 Å². The lowest BCUT2D eigenvalue weighted by atomic mass is 9.85. The highest BCUT2D eigenvalue weighted by Crippen LogP contribution is 2.33. The Kier molecular flexibility index (Phi) is 2.17. The lowest BCUT2D eigenvalue weighted by molar-refractivity contribution is -0.157. The predicted octanol–water partition coefficient (Wildman–Crippen LogP) is -0.0189. The summed E-state index contributed by atoms with van der Waals surface area (Å²) in [4.78, 5) is 22.2. The van der Waals surface area contributed by atoms with Crippen LogP contribution in [-0.2, 0) is 14.3 Å². The maximum absolute atomic E-state index is 11.2. The monoisotopic (exact) mass is 169 g/mol. The van der Waals surface area contributed by atoms with Crippen molar-refractivity contribution in [2.45, 2.75) is 12.8 Å². The topological polar surface area (TPSA) is 69.4 Å². The van der Waals surface area contributed by atoms with Crippen LogP contribution in [0.4, 0.5) is 0 Å². The smallest absolute Gasteiger partial charge is 0.322 e. The molecular weight excluding hydrogens is 158 g/mol. The lowest BCUT2D eigenvalue weighted by Crippen LogP contribution is -2.42. The summed E-state index contributed by atoms with van der Waals surface area (Å²) in [6.07, 6.45) is 4.24. The Balaban J connectivity index is 2.88. The van der Waals surface area contributed by atoms with Gasteiger partial charge in [0.05, 0.1) is 7.11 Å². The zero-order valence-corrected chi connectivity index (χ0v) is 6.87. The van der Waals surface area contributed by atoms with Crippen molar-refractivity contribution in [3.05, 3.63) is 12.2 Å². The molecular formula is C8H11NO3. The van der Waals surface area contributed by atoms with Crippen molar-refractivity contribution in [1.82, 2.24) is 0 Å². The molecule has 1 aliphatic rings. The molecule has 4 nitrogen and oxygen atoms in total. The van der Waals surface area contributed by atoms with E-state index >= 15 is 0 Å². The van der Waals surface area contributed by atoms with Crippen LogP contribution in [0.3, 0.4) is 0 Å². The number of primary amides is 1. The van der Waals surface area contributed by atoms with Crippen molar-refractivity contribution >= 4 is 11.9 Å². The normalized spacial score (nSPS) is 19.1. The van der Waals surface area contributed by atoms with Gasteiger partial charge in [-0.1, -0.05) is 12.2 Å². The van der Waals surface area contributed by atoms with Crippen LogP contribution in [0.2, 0.25) is 0 Å². The van der Waals surface area contributed by atoms with Crippen molar-refractivity contribution < 1.29 is 14.3 Å². The lowest BCUT2D eigenvalue weighted by Gasteiger charge is -2.21. The van der Waals surface area contributed by atoms with Crippen LogP contribution in [-0.4, -0.2) is 19.0 Å². The Bertz CT molecular complexity index is 237. The molecule has 0 saturated heterocycles. The minimum atomic E-state index is -1.13. The van der Waals surface area contributed by atoms with Gasteiger partial charge in [0, 0.05) is 0 Å². The SMILES string of the molecule is COC(=O)C1(C(N)=O)CC=CC1. The standard InChI is InChI=1S/C8H11NO3/c1-12-7(11)8(6(9)10)4-2-3-5-8/h2-3H,4-5H2,1H3,(H2,9,10). The summed E-state index contributed by atoms with van der Waals surface area (Å²) in [5, 5.41) is 0. The molecule has 0 spiro atoms. The van der Waals surface area contributed by atoms with Gasteiger partial charge >= 0.3 is 5.97 Å². The summed E-state index contributed by atoms with van der Waals surface area (Å²) in [5.74, 6) is -1.15. The van der Waals surface area contributed by atoms with E-state index in [1.54, 1.807) is 12.2 Å². The Hall–Kier alpha value is -1.32. The van der Waals surface area contributed by atoms with E-state index in [1.807, 2.05) is 0 Å². The first-order valence-electron chi connectivity index (χ1n) is 3.67. The highest BCUT2D eigenvalue weighted by molar-refractivity contribution is 6.02. The molecule has 0 aliphatic heterocycles. The van der Waals surface area contributed by atoms with E-state index in [0.717, 1.165) is 0 Å². The molecule has 1 rings (SSSR count). The Morgan fingerprint density at radius 1 is 1.42 bits per heavy atom. The number of hydrogen-bond donors (Lipinski definition) is 1. The van der Waals surface area contributed by atoms with Gasteiger partial charge in [0.1, 0.15) is 0 Å². The summed E-state index contributed by atoms with van der Waals surface area (Å²) >= 11 is 0. The Labute approximate surface area is 70.4 Å². The zero-order valence-electron chi connectivity index (χ0n) is 6.87. The molecule has 0 bridgehead atoms. The van der Waals surface area contributed by atoms with E-state index in [2.05, 4.69) is 4.74 Å². The maximum atomic E-state index is 11.2. The minimum absolute atomic E-state index is 0.356. The van der Waals surface area contributed by atoms with Gasteiger partial charge in [0.15, 0.2) is 5.41 Å². The Morgan fingerprint density at radius 3 is 2.25 bits per heavy atom.